The summed E-state index contributed by atoms with van der Waals surface area (Å²) in [4.78, 5) is 25.1. The third-order valence-corrected chi connectivity index (χ3v) is 3.52. The zero-order chi connectivity index (χ0) is 16.7. The Kier molecular flexibility index (Phi) is 7.32. The highest BCUT2D eigenvalue weighted by Gasteiger charge is 2.12. The SMILES string of the molecule is CC(=O)N(CCC(=O)Nc1ccc(F)c(Cl)c1)CCC(C)C. The maximum atomic E-state index is 13.0. The molecule has 1 aromatic carbocycles. The Morgan fingerprint density at radius 3 is 2.55 bits per heavy atom. The van der Waals surface area contributed by atoms with Gasteiger partial charge in [0.05, 0.1) is 5.02 Å². The lowest BCUT2D eigenvalue weighted by Gasteiger charge is -2.21. The molecule has 1 rings (SSSR count). The van der Waals surface area contributed by atoms with Crippen LogP contribution < -0.4 is 5.32 Å². The molecule has 1 aromatic rings. The van der Waals surface area contributed by atoms with Gasteiger partial charge in [-0.1, -0.05) is 25.4 Å². The minimum atomic E-state index is -0.531. The molecular formula is C16H22ClFN2O2. The van der Waals surface area contributed by atoms with Crippen LogP contribution in [0.5, 0.6) is 0 Å². The molecule has 0 saturated carbocycles. The highest BCUT2D eigenvalue weighted by molar-refractivity contribution is 6.31. The molecule has 0 radical (unpaired) electrons. The van der Waals surface area contributed by atoms with Gasteiger partial charge in [-0.2, -0.15) is 0 Å². The first kappa shape index (κ1) is 18.4. The van der Waals surface area contributed by atoms with Gasteiger partial charge in [0, 0.05) is 32.1 Å². The first-order chi connectivity index (χ1) is 10.3. The van der Waals surface area contributed by atoms with Crippen LogP contribution in [0.25, 0.3) is 0 Å². The summed E-state index contributed by atoms with van der Waals surface area (Å²) in [5.41, 5.74) is 0.438. The van der Waals surface area contributed by atoms with E-state index in [1.54, 1.807) is 4.90 Å². The van der Waals surface area contributed by atoms with Crippen molar-refractivity contribution in [1.29, 1.82) is 0 Å². The minimum Gasteiger partial charge on any atom is -0.342 e. The van der Waals surface area contributed by atoms with Crippen LogP contribution >= 0.6 is 11.6 Å². The summed E-state index contributed by atoms with van der Waals surface area (Å²) in [7, 11) is 0. The highest BCUT2D eigenvalue weighted by atomic mass is 35.5. The van der Waals surface area contributed by atoms with Crippen molar-refractivity contribution in [2.45, 2.75) is 33.6 Å². The summed E-state index contributed by atoms with van der Waals surface area (Å²) in [5.74, 6) is -0.315. The topological polar surface area (TPSA) is 49.4 Å². The Bertz CT molecular complexity index is 535. The molecule has 0 aliphatic heterocycles. The second kappa shape index (κ2) is 8.73. The van der Waals surface area contributed by atoms with Crippen molar-refractivity contribution < 1.29 is 14.0 Å². The van der Waals surface area contributed by atoms with Gasteiger partial charge in [0.2, 0.25) is 11.8 Å². The van der Waals surface area contributed by atoms with Crippen LogP contribution in [0.2, 0.25) is 5.02 Å². The first-order valence-electron chi connectivity index (χ1n) is 7.30. The number of anilines is 1. The third-order valence-electron chi connectivity index (χ3n) is 3.23. The van der Waals surface area contributed by atoms with Crippen LogP contribution in [0.3, 0.4) is 0 Å². The second-order valence-electron chi connectivity index (χ2n) is 5.62. The van der Waals surface area contributed by atoms with E-state index in [-0.39, 0.29) is 23.3 Å². The standard InChI is InChI=1S/C16H22ClFN2O2/c1-11(2)6-8-20(12(3)21)9-7-16(22)19-13-4-5-15(18)14(17)10-13/h4-5,10-11H,6-9H2,1-3H3,(H,19,22). The number of carbonyl (C=O) groups is 2. The van der Waals surface area contributed by atoms with Gasteiger partial charge in [0.15, 0.2) is 0 Å². The molecule has 0 bridgehead atoms. The fourth-order valence-electron chi connectivity index (χ4n) is 1.87. The van der Waals surface area contributed by atoms with Gasteiger partial charge in [0.1, 0.15) is 5.82 Å². The van der Waals surface area contributed by atoms with Gasteiger partial charge in [-0.3, -0.25) is 9.59 Å². The number of carbonyl (C=O) groups excluding carboxylic acids is 2. The van der Waals surface area contributed by atoms with Crippen molar-refractivity contribution in [3.05, 3.63) is 29.0 Å². The number of halogens is 2. The van der Waals surface area contributed by atoms with E-state index in [1.165, 1.54) is 25.1 Å². The Balaban J connectivity index is 2.49. The summed E-state index contributed by atoms with van der Waals surface area (Å²) in [5, 5.41) is 2.60. The second-order valence-corrected chi connectivity index (χ2v) is 6.02. The molecule has 0 unspecified atom stereocenters. The number of benzene rings is 1. The van der Waals surface area contributed by atoms with E-state index in [9.17, 15) is 14.0 Å². The summed E-state index contributed by atoms with van der Waals surface area (Å²) in [6, 6.07) is 4.00. The number of hydrogen-bond donors (Lipinski definition) is 1. The molecule has 22 heavy (non-hydrogen) atoms. The molecular weight excluding hydrogens is 307 g/mol. The van der Waals surface area contributed by atoms with E-state index >= 15 is 0 Å². The lowest BCUT2D eigenvalue weighted by atomic mass is 10.1. The molecule has 0 aliphatic rings. The fraction of sp³-hybridized carbons (Fsp3) is 0.500. The summed E-state index contributed by atoms with van der Waals surface area (Å²) in [6.07, 6.45) is 1.08. The van der Waals surface area contributed by atoms with Gasteiger partial charge < -0.3 is 10.2 Å². The van der Waals surface area contributed by atoms with Crippen LogP contribution in [0.4, 0.5) is 10.1 Å². The fourth-order valence-corrected chi connectivity index (χ4v) is 2.06. The zero-order valence-corrected chi connectivity index (χ0v) is 13.9. The molecule has 0 fully saturated rings. The molecule has 0 aliphatic carbocycles. The molecule has 0 saturated heterocycles. The van der Waals surface area contributed by atoms with Crippen molar-refractivity contribution >= 4 is 29.1 Å². The van der Waals surface area contributed by atoms with E-state index in [0.717, 1.165) is 6.42 Å². The normalized spacial score (nSPS) is 10.6. The molecule has 0 atom stereocenters. The van der Waals surface area contributed by atoms with Gasteiger partial charge in [-0.15, -0.1) is 0 Å². The van der Waals surface area contributed by atoms with Crippen molar-refractivity contribution in [3.8, 4) is 0 Å². The average Bonchev–Trinajstić information content (AvgIpc) is 2.42. The van der Waals surface area contributed by atoms with Crippen LogP contribution in [0, 0.1) is 11.7 Å². The predicted molar refractivity (Wildman–Crippen MR) is 86.4 cm³/mol. The van der Waals surface area contributed by atoms with Crippen molar-refractivity contribution in [1.82, 2.24) is 4.90 Å². The largest absolute Gasteiger partial charge is 0.342 e. The summed E-state index contributed by atoms with van der Waals surface area (Å²) in [6.45, 7) is 6.68. The zero-order valence-electron chi connectivity index (χ0n) is 13.2. The average molecular weight is 329 g/mol. The molecule has 6 heteroatoms. The van der Waals surface area contributed by atoms with Gasteiger partial charge >= 0.3 is 0 Å². The third kappa shape index (κ3) is 6.43. The van der Waals surface area contributed by atoms with Crippen LogP contribution in [0.1, 0.15) is 33.6 Å². The molecule has 2 amide bonds. The first-order valence-corrected chi connectivity index (χ1v) is 7.67. The summed E-state index contributed by atoms with van der Waals surface area (Å²) < 4.78 is 13.0. The Morgan fingerprint density at radius 1 is 1.32 bits per heavy atom. The Hall–Kier alpha value is -1.62. The summed E-state index contributed by atoms with van der Waals surface area (Å²) >= 11 is 5.66. The van der Waals surface area contributed by atoms with Gasteiger partial charge in [-0.25, -0.2) is 4.39 Å². The predicted octanol–water partition coefficient (Wildman–Crippen LogP) is 3.70. The van der Waals surface area contributed by atoms with Gasteiger partial charge in [0.25, 0.3) is 0 Å². The molecule has 4 nitrogen and oxygen atoms in total. The quantitative estimate of drug-likeness (QED) is 0.829. The lowest BCUT2D eigenvalue weighted by molar-refractivity contribution is -0.129. The van der Waals surface area contributed by atoms with Crippen molar-refractivity contribution in [2.75, 3.05) is 18.4 Å². The maximum Gasteiger partial charge on any atom is 0.226 e. The Labute approximate surface area is 135 Å². The smallest absolute Gasteiger partial charge is 0.226 e. The van der Waals surface area contributed by atoms with Crippen LogP contribution in [-0.2, 0) is 9.59 Å². The number of nitrogens with zero attached hydrogens (tertiary/aromatic N) is 1. The van der Waals surface area contributed by atoms with Crippen LogP contribution in [0.15, 0.2) is 18.2 Å². The maximum absolute atomic E-state index is 13.0. The van der Waals surface area contributed by atoms with E-state index in [0.29, 0.717) is 24.7 Å². The van der Waals surface area contributed by atoms with E-state index < -0.39 is 5.82 Å². The highest BCUT2D eigenvalue weighted by Crippen LogP contribution is 2.19. The van der Waals surface area contributed by atoms with E-state index in [1.807, 2.05) is 0 Å². The van der Waals surface area contributed by atoms with Crippen molar-refractivity contribution in [3.63, 3.8) is 0 Å². The molecule has 0 aromatic heterocycles. The molecule has 0 heterocycles. The Morgan fingerprint density at radius 2 is 2.00 bits per heavy atom. The lowest BCUT2D eigenvalue weighted by Crippen LogP contribution is -2.33. The van der Waals surface area contributed by atoms with E-state index in [4.69, 9.17) is 11.6 Å². The molecule has 1 N–H and O–H groups in total. The molecule has 122 valence electrons. The monoisotopic (exact) mass is 328 g/mol. The molecule has 0 spiro atoms. The van der Waals surface area contributed by atoms with Crippen LogP contribution in [-0.4, -0.2) is 29.8 Å². The minimum absolute atomic E-state index is 0.0416. The number of hydrogen-bond acceptors (Lipinski definition) is 2. The number of amides is 2. The number of rotatable bonds is 7. The van der Waals surface area contributed by atoms with E-state index in [2.05, 4.69) is 19.2 Å². The van der Waals surface area contributed by atoms with Crippen molar-refractivity contribution in [2.24, 2.45) is 5.92 Å². The number of nitrogens with one attached hydrogen (secondary N) is 1. The van der Waals surface area contributed by atoms with Gasteiger partial charge in [-0.05, 0) is 30.5 Å².